The minimum Gasteiger partial charge on any atom is -0.399 e. The number of nitrogens with one attached hydrogen (secondary N) is 1. The zero-order valence-electron chi connectivity index (χ0n) is 10.6. The van der Waals surface area contributed by atoms with Gasteiger partial charge in [-0.1, -0.05) is 20.8 Å². The molecule has 0 saturated heterocycles. The molecule has 2 rings (SSSR count). The number of nitrogen functional groups attached to an aromatic ring is 1. The molecule has 1 aliphatic rings. The molecule has 1 aromatic rings. The van der Waals surface area contributed by atoms with Crippen molar-refractivity contribution in [3.05, 3.63) is 23.8 Å². The first-order valence-corrected chi connectivity index (χ1v) is 5.79. The van der Waals surface area contributed by atoms with Crippen LogP contribution in [0, 0.1) is 5.41 Å². The van der Waals surface area contributed by atoms with Gasteiger partial charge in [-0.25, -0.2) is 4.99 Å². The van der Waals surface area contributed by atoms with Crippen LogP contribution in [0.5, 0.6) is 0 Å². The summed E-state index contributed by atoms with van der Waals surface area (Å²) in [5.41, 5.74) is 14.3. The summed E-state index contributed by atoms with van der Waals surface area (Å²) in [5.74, 6) is 0. The fourth-order valence-electron chi connectivity index (χ4n) is 2.28. The minimum atomic E-state index is -0.686. The van der Waals surface area contributed by atoms with Crippen LogP contribution in [0.15, 0.2) is 23.2 Å². The van der Waals surface area contributed by atoms with Gasteiger partial charge in [0.2, 0.25) is 0 Å². The number of hydrogen-bond donors (Lipinski definition) is 3. The highest BCUT2D eigenvalue weighted by atomic mass is 15.1. The minimum absolute atomic E-state index is 0.102. The summed E-state index contributed by atoms with van der Waals surface area (Å²) in [4.78, 5) is 4.42. The first-order chi connectivity index (χ1) is 7.80. The number of rotatable bonds is 1. The number of hydrogen-bond acceptors (Lipinski definition) is 4. The Kier molecular flexibility index (Phi) is 2.62. The van der Waals surface area contributed by atoms with Crippen LogP contribution in [0.25, 0.3) is 0 Å². The Morgan fingerprint density at radius 2 is 2.06 bits per heavy atom. The predicted molar refractivity (Wildman–Crippen MR) is 72.9 cm³/mol. The molecule has 0 bridgehead atoms. The van der Waals surface area contributed by atoms with Crippen molar-refractivity contribution in [2.24, 2.45) is 16.1 Å². The highest BCUT2D eigenvalue weighted by Crippen LogP contribution is 2.39. The molecule has 1 aromatic carbocycles. The van der Waals surface area contributed by atoms with Gasteiger partial charge < -0.3 is 16.8 Å². The van der Waals surface area contributed by atoms with Crippen molar-refractivity contribution in [3.8, 4) is 0 Å². The van der Waals surface area contributed by atoms with E-state index in [2.05, 4.69) is 31.1 Å². The summed E-state index contributed by atoms with van der Waals surface area (Å²) >= 11 is 0. The van der Waals surface area contributed by atoms with Crippen molar-refractivity contribution >= 4 is 17.7 Å². The third-order valence-electron chi connectivity index (χ3n) is 2.82. The number of nitrogens with zero attached hydrogens (tertiary/aromatic N) is 1. The van der Waals surface area contributed by atoms with Gasteiger partial charge in [-0.15, -0.1) is 0 Å². The Bertz CT molecular complexity index is 459. The van der Waals surface area contributed by atoms with Crippen molar-refractivity contribution in [3.63, 3.8) is 0 Å². The zero-order chi connectivity index (χ0) is 12.7. The molecule has 0 aromatic heterocycles. The van der Waals surface area contributed by atoms with E-state index < -0.39 is 5.66 Å². The summed E-state index contributed by atoms with van der Waals surface area (Å²) in [6.07, 6.45) is 2.44. The molecule has 1 heterocycles. The van der Waals surface area contributed by atoms with Crippen LogP contribution < -0.4 is 16.8 Å². The molecule has 0 aliphatic carbocycles. The van der Waals surface area contributed by atoms with Crippen LogP contribution in [-0.4, -0.2) is 6.34 Å². The Balaban J connectivity index is 2.46. The molecular weight excluding hydrogens is 212 g/mol. The lowest BCUT2D eigenvalue weighted by Gasteiger charge is -2.36. The monoisotopic (exact) mass is 232 g/mol. The van der Waals surface area contributed by atoms with Gasteiger partial charge in [0.05, 0.1) is 6.34 Å². The van der Waals surface area contributed by atoms with Gasteiger partial charge in [-0.05, 0) is 30.0 Å². The van der Waals surface area contributed by atoms with E-state index in [4.69, 9.17) is 11.5 Å². The van der Waals surface area contributed by atoms with Crippen molar-refractivity contribution in [1.82, 2.24) is 0 Å². The van der Waals surface area contributed by atoms with Gasteiger partial charge in [-0.3, -0.25) is 0 Å². The van der Waals surface area contributed by atoms with Crippen molar-refractivity contribution in [2.45, 2.75) is 32.9 Å². The van der Waals surface area contributed by atoms with Crippen LogP contribution in [0.1, 0.15) is 32.8 Å². The lowest BCUT2D eigenvalue weighted by Crippen LogP contribution is -2.41. The van der Waals surface area contributed by atoms with E-state index in [1.165, 1.54) is 0 Å². The number of fused-ring (bicyclic) bond motifs is 1. The molecule has 92 valence electrons. The first-order valence-electron chi connectivity index (χ1n) is 5.79. The van der Waals surface area contributed by atoms with Crippen LogP contribution in [-0.2, 0) is 5.66 Å². The lowest BCUT2D eigenvalue weighted by molar-refractivity contribution is 0.264. The van der Waals surface area contributed by atoms with E-state index in [-0.39, 0.29) is 5.41 Å². The molecule has 5 N–H and O–H groups in total. The maximum Gasteiger partial charge on any atom is 0.138 e. The van der Waals surface area contributed by atoms with Crippen LogP contribution in [0.3, 0.4) is 0 Å². The summed E-state index contributed by atoms with van der Waals surface area (Å²) in [6.45, 7) is 6.47. The lowest BCUT2D eigenvalue weighted by atomic mass is 9.81. The van der Waals surface area contributed by atoms with Gasteiger partial charge in [0.25, 0.3) is 0 Å². The van der Waals surface area contributed by atoms with E-state index in [1.807, 2.05) is 18.2 Å². The van der Waals surface area contributed by atoms with Crippen molar-refractivity contribution < 1.29 is 0 Å². The van der Waals surface area contributed by atoms with Gasteiger partial charge in [0.15, 0.2) is 0 Å². The number of anilines is 2. The molecule has 0 radical (unpaired) electrons. The van der Waals surface area contributed by atoms with Crippen LogP contribution in [0.2, 0.25) is 0 Å². The van der Waals surface area contributed by atoms with E-state index >= 15 is 0 Å². The van der Waals surface area contributed by atoms with Crippen LogP contribution in [0.4, 0.5) is 11.4 Å². The molecular formula is C13H20N4. The zero-order valence-corrected chi connectivity index (χ0v) is 10.6. The first kappa shape index (κ1) is 11.9. The summed E-state index contributed by atoms with van der Waals surface area (Å²) in [7, 11) is 0. The average Bonchev–Trinajstić information content (AvgIpc) is 2.16. The van der Waals surface area contributed by atoms with Gasteiger partial charge >= 0.3 is 0 Å². The Morgan fingerprint density at radius 1 is 1.35 bits per heavy atom. The highest BCUT2D eigenvalue weighted by molar-refractivity contribution is 5.82. The molecule has 1 unspecified atom stereocenters. The predicted octanol–water partition coefficient (Wildman–Crippen LogP) is 2.27. The molecule has 4 nitrogen and oxygen atoms in total. The largest absolute Gasteiger partial charge is 0.399 e. The fraction of sp³-hybridized carbons (Fsp3) is 0.462. The van der Waals surface area contributed by atoms with Crippen molar-refractivity contribution in [1.29, 1.82) is 0 Å². The normalized spacial score (nSPS) is 23.1. The van der Waals surface area contributed by atoms with Crippen molar-refractivity contribution in [2.75, 3.05) is 11.1 Å². The smallest absolute Gasteiger partial charge is 0.138 e. The van der Waals surface area contributed by atoms with E-state index in [0.29, 0.717) is 5.69 Å². The molecule has 17 heavy (non-hydrogen) atoms. The molecule has 4 heteroatoms. The highest BCUT2D eigenvalue weighted by Gasteiger charge is 2.35. The second-order valence-electron chi connectivity index (χ2n) is 5.87. The molecule has 0 amide bonds. The summed E-state index contributed by atoms with van der Waals surface area (Å²) < 4.78 is 0. The van der Waals surface area contributed by atoms with Gasteiger partial charge in [0.1, 0.15) is 5.66 Å². The molecule has 0 spiro atoms. The fourth-order valence-corrected chi connectivity index (χ4v) is 2.28. The summed E-state index contributed by atoms with van der Waals surface area (Å²) in [6, 6.07) is 5.72. The number of aliphatic imine (C=N–C) groups is 1. The Labute approximate surface area is 102 Å². The third-order valence-corrected chi connectivity index (χ3v) is 2.82. The van der Waals surface area contributed by atoms with E-state index in [9.17, 15) is 0 Å². The molecule has 0 fully saturated rings. The van der Waals surface area contributed by atoms with Crippen LogP contribution >= 0.6 is 0 Å². The number of benzene rings is 1. The van der Waals surface area contributed by atoms with E-state index in [0.717, 1.165) is 17.7 Å². The third kappa shape index (κ3) is 2.42. The molecule has 1 atom stereocenters. The van der Waals surface area contributed by atoms with Gasteiger partial charge in [0, 0.05) is 16.9 Å². The quantitative estimate of drug-likeness (QED) is 0.650. The second kappa shape index (κ2) is 3.74. The van der Waals surface area contributed by atoms with E-state index in [1.54, 1.807) is 6.34 Å². The Morgan fingerprint density at radius 3 is 2.71 bits per heavy atom. The second-order valence-corrected chi connectivity index (χ2v) is 5.87. The molecule has 0 saturated carbocycles. The average molecular weight is 232 g/mol. The number of nitrogens with two attached hydrogens (primary N) is 2. The standard InChI is InChI=1S/C13H20N4/c1-12(2,3)7-13(15)10-6-9(14)4-5-11(10)16-8-17-13/h4-6,8H,7,14-15H2,1-3H3,(H,16,17). The Hall–Kier alpha value is -1.55. The topological polar surface area (TPSA) is 76.4 Å². The summed E-state index contributed by atoms with van der Waals surface area (Å²) in [5, 5.41) is 3.10. The SMILES string of the molecule is CC(C)(C)CC1(N)N=CNc2ccc(N)cc21. The van der Waals surface area contributed by atoms with Gasteiger partial charge in [-0.2, -0.15) is 0 Å². The maximum absolute atomic E-state index is 6.43. The molecule has 1 aliphatic heterocycles. The maximum atomic E-state index is 6.43.